The van der Waals surface area contributed by atoms with Gasteiger partial charge in [0.2, 0.25) is 5.12 Å². The van der Waals surface area contributed by atoms with Crippen molar-refractivity contribution in [3.8, 4) is 0 Å². The smallest absolute Gasteiger partial charge is 0.232 e. The highest BCUT2D eigenvalue weighted by molar-refractivity contribution is 7.97. The third-order valence-corrected chi connectivity index (χ3v) is 2.12. The van der Waals surface area contributed by atoms with Gasteiger partial charge in [-0.2, -0.15) is 0 Å². The Kier molecular flexibility index (Phi) is 5.93. The van der Waals surface area contributed by atoms with E-state index in [0.29, 0.717) is 11.5 Å². The zero-order valence-corrected chi connectivity index (χ0v) is 10.5. The summed E-state index contributed by atoms with van der Waals surface area (Å²) in [4.78, 5) is 13.0. The Balaban J connectivity index is 5.06. The molecule has 0 amide bonds. The monoisotopic (exact) mass is 229 g/mol. The van der Waals surface area contributed by atoms with Gasteiger partial charge in [-0.05, 0) is 20.8 Å². The van der Waals surface area contributed by atoms with Crippen LogP contribution in [-0.4, -0.2) is 23.1 Å². The standard InChI is InChI=1S/C10H19N3OS/c1-5-8(10(14)15)13(7(2)3)6-9(11)12-4/h5-7,12H,11H2,1-4H3,(H,14,15)/b8-5-,9-6+. The van der Waals surface area contributed by atoms with Gasteiger partial charge in [-0.25, -0.2) is 0 Å². The Bertz CT molecular complexity index is 284. The van der Waals surface area contributed by atoms with E-state index in [2.05, 4.69) is 17.9 Å². The molecule has 86 valence electrons. The molecule has 3 N–H and O–H groups in total. The maximum absolute atomic E-state index is 11.3. The summed E-state index contributed by atoms with van der Waals surface area (Å²) >= 11 is 3.82. The molecule has 0 bridgehead atoms. The number of nitrogens with one attached hydrogen (secondary N) is 1. The highest BCUT2D eigenvalue weighted by Gasteiger charge is 2.15. The Hall–Kier alpha value is -1.10. The molecule has 0 rings (SSSR count). The molecule has 0 aliphatic rings. The van der Waals surface area contributed by atoms with E-state index in [1.165, 1.54) is 0 Å². The molecule has 0 spiro atoms. The molecular formula is C10H19N3OS. The summed E-state index contributed by atoms with van der Waals surface area (Å²) < 4.78 is 0. The Morgan fingerprint density at radius 1 is 1.53 bits per heavy atom. The van der Waals surface area contributed by atoms with E-state index in [1.807, 2.05) is 13.8 Å². The van der Waals surface area contributed by atoms with E-state index in [4.69, 9.17) is 5.73 Å². The van der Waals surface area contributed by atoms with E-state index in [9.17, 15) is 4.79 Å². The number of thiol groups is 1. The van der Waals surface area contributed by atoms with Gasteiger partial charge in [-0.15, -0.1) is 0 Å². The summed E-state index contributed by atoms with van der Waals surface area (Å²) in [6, 6.07) is 0.138. The van der Waals surface area contributed by atoms with Crippen molar-refractivity contribution in [3.05, 3.63) is 23.8 Å². The number of carbonyl (C=O) groups is 1. The molecule has 5 heteroatoms. The Morgan fingerprint density at radius 2 is 2.07 bits per heavy atom. The predicted octanol–water partition coefficient (Wildman–Crippen LogP) is 1.03. The van der Waals surface area contributed by atoms with Crippen LogP contribution in [0.15, 0.2) is 23.8 Å². The van der Waals surface area contributed by atoms with Crippen LogP contribution in [0.3, 0.4) is 0 Å². The molecule has 0 unspecified atom stereocenters. The topological polar surface area (TPSA) is 58.4 Å². The summed E-state index contributed by atoms with van der Waals surface area (Å²) in [5, 5.41) is 2.53. The van der Waals surface area contributed by atoms with Crippen molar-refractivity contribution in [3.63, 3.8) is 0 Å². The van der Waals surface area contributed by atoms with Crippen molar-refractivity contribution >= 4 is 17.7 Å². The van der Waals surface area contributed by atoms with Crippen LogP contribution in [0, 0.1) is 0 Å². The van der Waals surface area contributed by atoms with Gasteiger partial charge in [0.1, 0.15) is 5.82 Å². The highest BCUT2D eigenvalue weighted by atomic mass is 32.1. The molecule has 0 radical (unpaired) electrons. The number of carbonyl (C=O) groups excluding carboxylic acids is 1. The van der Waals surface area contributed by atoms with Crippen molar-refractivity contribution in [2.45, 2.75) is 26.8 Å². The molecule has 0 fully saturated rings. The Morgan fingerprint density at radius 3 is 2.33 bits per heavy atom. The minimum absolute atomic E-state index is 0.138. The van der Waals surface area contributed by atoms with Crippen LogP contribution in [0.25, 0.3) is 0 Å². The lowest BCUT2D eigenvalue weighted by molar-refractivity contribution is -0.109. The summed E-state index contributed by atoms with van der Waals surface area (Å²) in [5.41, 5.74) is 6.17. The molecule has 0 saturated heterocycles. The normalized spacial score (nSPS) is 12.9. The second kappa shape index (κ2) is 6.40. The van der Waals surface area contributed by atoms with Crippen molar-refractivity contribution < 1.29 is 4.79 Å². The molecule has 0 aromatic heterocycles. The van der Waals surface area contributed by atoms with Gasteiger partial charge in [0, 0.05) is 19.3 Å². The van der Waals surface area contributed by atoms with Crippen LogP contribution < -0.4 is 11.1 Å². The average Bonchev–Trinajstić information content (AvgIpc) is 2.16. The van der Waals surface area contributed by atoms with Gasteiger partial charge in [-0.1, -0.05) is 18.7 Å². The van der Waals surface area contributed by atoms with Crippen molar-refractivity contribution in [2.24, 2.45) is 5.73 Å². The minimum Gasteiger partial charge on any atom is -0.384 e. The molecule has 0 aromatic carbocycles. The van der Waals surface area contributed by atoms with Crippen LogP contribution in [0.2, 0.25) is 0 Å². The molecule has 15 heavy (non-hydrogen) atoms. The van der Waals surface area contributed by atoms with E-state index in [-0.39, 0.29) is 11.2 Å². The zero-order valence-electron chi connectivity index (χ0n) is 9.61. The average molecular weight is 229 g/mol. The number of hydrogen-bond donors (Lipinski definition) is 3. The lowest BCUT2D eigenvalue weighted by atomic mass is 10.3. The van der Waals surface area contributed by atoms with Gasteiger partial charge in [0.15, 0.2) is 0 Å². The number of allylic oxidation sites excluding steroid dienone is 1. The van der Waals surface area contributed by atoms with Crippen LogP contribution in [0.4, 0.5) is 0 Å². The third kappa shape index (κ3) is 4.29. The van der Waals surface area contributed by atoms with Gasteiger partial charge < -0.3 is 16.0 Å². The lowest BCUT2D eigenvalue weighted by Gasteiger charge is -2.26. The molecule has 0 aliphatic carbocycles. The second-order valence-corrected chi connectivity index (χ2v) is 3.72. The number of nitrogens with two attached hydrogens (primary N) is 1. The quantitative estimate of drug-likeness (QED) is 0.487. The maximum Gasteiger partial charge on any atom is 0.232 e. The fraction of sp³-hybridized carbons (Fsp3) is 0.500. The summed E-state index contributed by atoms with van der Waals surface area (Å²) in [5.74, 6) is 0.498. The minimum atomic E-state index is -0.272. The lowest BCUT2D eigenvalue weighted by Crippen LogP contribution is -2.30. The van der Waals surface area contributed by atoms with Crippen molar-refractivity contribution in [1.82, 2.24) is 10.2 Å². The first-order valence-electron chi connectivity index (χ1n) is 4.77. The fourth-order valence-electron chi connectivity index (χ4n) is 1.09. The first-order valence-corrected chi connectivity index (χ1v) is 5.21. The van der Waals surface area contributed by atoms with Crippen molar-refractivity contribution in [2.75, 3.05) is 7.05 Å². The summed E-state index contributed by atoms with van der Waals surface area (Å²) in [6.45, 7) is 5.74. The number of nitrogens with zero attached hydrogens (tertiary/aromatic N) is 1. The largest absolute Gasteiger partial charge is 0.384 e. The zero-order chi connectivity index (χ0) is 12.0. The van der Waals surface area contributed by atoms with Crippen LogP contribution >= 0.6 is 12.6 Å². The summed E-state index contributed by atoms with van der Waals surface area (Å²) in [6.07, 6.45) is 3.41. The van der Waals surface area contributed by atoms with Crippen LogP contribution in [-0.2, 0) is 4.79 Å². The highest BCUT2D eigenvalue weighted by Crippen LogP contribution is 2.13. The van der Waals surface area contributed by atoms with Gasteiger partial charge in [-0.3, -0.25) is 4.79 Å². The van der Waals surface area contributed by atoms with E-state index < -0.39 is 0 Å². The van der Waals surface area contributed by atoms with Crippen molar-refractivity contribution in [1.29, 1.82) is 0 Å². The van der Waals surface area contributed by atoms with E-state index in [0.717, 1.165) is 0 Å². The molecule has 0 atom stereocenters. The van der Waals surface area contributed by atoms with Gasteiger partial charge in [0.05, 0.1) is 5.70 Å². The molecule has 0 saturated carbocycles. The molecular weight excluding hydrogens is 210 g/mol. The van der Waals surface area contributed by atoms with Gasteiger partial charge >= 0.3 is 0 Å². The van der Waals surface area contributed by atoms with Gasteiger partial charge in [0.25, 0.3) is 0 Å². The first kappa shape index (κ1) is 13.9. The van der Waals surface area contributed by atoms with E-state index >= 15 is 0 Å². The molecule has 0 aromatic rings. The van der Waals surface area contributed by atoms with E-state index in [1.54, 1.807) is 31.1 Å². The Labute approximate surface area is 96.6 Å². The molecule has 0 aliphatic heterocycles. The molecule has 4 nitrogen and oxygen atoms in total. The fourth-order valence-corrected chi connectivity index (χ4v) is 1.34. The van der Waals surface area contributed by atoms with Crippen LogP contribution in [0.5, 0.6) is 0 Å². The molecule has 0 heterocycles. The van der Waals surface area contributed by atoms with Crippen LogP contribution in [0.1, 0.15) is 20.8 Å². The third-order valence-electron chi connectivity index (χ3n) is 1.89. The SMILES string of the molecule is C/C=C(/C(=O)S)N(/C=C(\N)NC)C(C)C. The summed E-state index contributed by atoms with van der Waals surface area (Å²) in [7, 11) is 1.72. The predicted molar refractivity (Wildman–Crippen MR) is 66.1 cm³/mol. The number of hydrogen-bond acceptors (Lipinski definition) is 4. The first-order chi connectivity index (χ1) is 6.93. The second-order valence-electron chi connectivity index (χ2n) is 3.31. The number of rotatable bonds is 5. The maximum atomic E-state index is 11.3.